The standard InChI is InChI=1S/C24H24N2O6/c1-4-5-12-30-17-9-7-16(8-10-17)21-20(22(27)18-11-6-14(2)31-18)23(28)24(29)26(21)19-13-15(3)32-25-19/h6-11,13,21,28H,4-5,12H2,1-3H3/t21-/m1/s1. The Kier molecular flexibility index (Phi) is 5.85. The van der Waals surface area contributed by atoms with E-state index in [1.54, 1.807) is 50.2 Å². The predicted molar refractivity (Wildman–Crippen MR) is 116 cm³/mol. The molecule has 1 N–H and O–H groups in total. The first kappa shape index (κ1) is 21.4. The van der Waals surface area contributed by atoms with Crippen LogP contribution < -0.4 is 9.64 Å². The van der Waals surface area contributed by atoms with E-state index < -0.39 is 23.5 Å². The molecule has 0 saturated heterocycles. The van der Waals surface area contributed by atoms with Crippen molar-refractivity contribution >= 4 is 17.5 Å². The number of aryl methyl sites for hydroxylation is 2. The van der Waals surface area contributed by atoms with E-state index in [1.807, 2.05) is 0 Å². The monoisotopic (exact) mass is 436 g/mol. The molecule has 0 unspecified atom stereocenters. The maximum Gasteiger partial charge on any atom is 0.295 e. The number of hydrogen-bond acceptors (Lipinski definition) is 7. The minimum atomic E-state index is -0.908. The van der Waals surface area contributed by atoms with Gasteiger partial charge in [-0.3, -0.25) is 14.5 Å². The molecule has 0 fully saturated rings. The molecule has 3 heterocycles. The third-order valence-corrected chi connectivity index (χ3v) is 5.24. The molecule has 1 aliphatic rings. The number of unbranched alkanes of at least 4 members (excludes halogenated alkanes) is 1. The number of anilines is 1. The van der Waals surface area contributed by atoms with Gasteiger partial charge in [-0.25, -0.2) is 0 Å². The van der Waals surface area contributed by atoms with Gasteiger partial charge in [-0.1, -0.05) is 30.6 Å². The number of carbonyl (C=O) groups excluding carboxylic acids is 2. The van der Waals surface area contributed by atoms with Crippen molar-refractivity contribution in [3.05, 3.63) is 76.6 Å². The number of furan rings is 1. The van der Waals surface area contributed by atoms with E-state index in [0.717, 1.165) is 12.8 Å². The molecule has 0 saturated carbocycles. The minimum Gasteiger partial charge on any atom is -0.503 e. The fourth-order valence-electron chi connectivity index (χ4n) is 3.63. The highest BCUT2D eigenvalue weighted by Crippen LogP contribution is 2.42. The van der Waals surface area contributed by atoms with Gasteiger partial charge in [0.2, 0.25) is 5.78 Å². The summed E-state index contributed by atoms with van der Waals surface area (Å²) in [6.45, 7) is 6.09. The molecule has 0 aliphatic carbocycles. The summed E-state index contributed by atoms with van der Waals surface area (Å²) in [5.74, 6) is 0.0125. The lowest BCUT2D eigenvalue weighted by molar-refractivity contribution is -0.117. The summed E-state index contributed by atoms with van der Waals surface area (Å²) in [6, 6.07) is 10.9. The Balaban J connectivity index is 1.75. The van der Waals surface area contributed by atoms with E-state index >= 15 is 0 Å². The van der Waals surface area contributed by atoms with Gasteiger partial charge in [0.15, 0.2) is 17.3 Å². The average molecular weight is 436 g/mol. The van der Waals surface area contributed by atoms with Crippen LogP contribution in [-0.2, 0) is 4.79 Å². The SMILES string of the molecule is CCCCOc1ccc([C@@H]2C(C(=O)c3ccc(C)o3)=C(O)C(=O)N2c2cc(C)on2)cc1. The van der Waals surface area contributed by atoms with Crippen molar-refractivity contribution in [1.82, 2.24) is 5.16 Å². The molecule has 0 spiro atoms. The summed E-state index contributed by atoms with van der Waals surface area (Å²) in [5, 5.41) is 14.6. The Morgan fingerprint density at radius 1 is 1.16 bits per heavy atom. The number of benzene rings is 1. The number of aliphatic hydroxyl groups excluding tert-OH is 1. The van der Waals surface area contributed by atoms with Gasteiger partial charge in [0.25, 0.3) is 5.91 Å². The first-order valence-electron chi connectivity index (χ1n) is 10.4. The first-order valence-corrected chi connectivity index (χ1v) is 10.4. The van der Waals surface area contributed by atoms with Crippen molar-refractivity contribution in [2.75, 3.05) is 11.5 Å². The second-order valence-corrected chi connectivity index (χ2v) is 7.65. The van der Waals surface area contributed by atoms with Crippen LogP contribution in [0, 0.1) is 13.8 Å². The topological polar surface area (TPSA) is 106 Å². The minimum absolute atomic E-state index is 0.0413. The highest BCUT2D eigenvalue weighted by molar-refractivity contribution is 6.19. The molecule has 1 aromatic carbocycles. The third-order valence-electron chi connectivity index (χ3n) is 5.24. The Hall–Kier alpha value is -3.81. The molecule has 4 rings (SSSR count). The lowest BCUT2D eigenvalue weighted by Gasteiger charge is -2.24. The van der Waals surface area contributed by atoms with E-state index in [-0.39, 0.29) is 17.2 Å². The van der Waals surface area contributed by atoms with Gasteiger partial charge in [-0.15, -0.1) is 0 Å². The lowest BCUT2D eigenvalue weighted by Crippen LogP contribution is -2.31. The quantitative estimate of drug-likeness (QED) is 0.397. The first-order chi connectivity index (χ1) is 15.4. The van der Waals surface area contributed by atoms with Gasteiger partial charge in [-0.2, -0.15) is 0 Å². The van der Waals surface area contributed by atoms with Crippen molar-refractivity contribution < 1.29 is 28.4 Å². The van der Waals surface area contributed by atoms with Crippen LogP contribution in [0.3, 0.4) is 0 Å². The molecule has 8 heteroatoms. The molecule has 8 nitrogen and oxygen atoms in total. The van der Waals surface area contributed by atoms with Crippen LogP contribution in [-0.4, -0.2) is 28.6 Å². The van der Waals surface area contributed by atoms with Gasteiger partial charge in [0.05, 0.1) is 18.2 Å². The Morgan fingerprint density at radius 3 is 2.50 bits per heavy atom. The second-order valence-electron chi connectivity index (χ2n) is 7.65. The molecular weight excluding hydrogens is 412 g/mol. The van der Waals surface area contributed by atoms with Crippen molar-refractivity contribution in [2.24, 2.45) is 0 Å². The molecule has 0 bridgehead atoms. The molecule has 3 aromatic rings. The number of nitrogens with zero attached hydrogens (tertiary/aromatic N) is 2. The van der Waals surface area contributed by atoms with Gasteiger partial charge < -0.3 is 18.8 Å². The Labute approximate surface area is 185 Å². The van der Waals surface area contributed by atoms with Gasteiger partial charge in [0.1, 0.15) is 17.3 Å². The van der Waals surface area contributed by atoms with E-state index in [4.69, 9.17) is 13.7 Å². The van der Waals surface area contributed by atoms with Gasteiger partial charge in [0, 0.05) is 6.07 Å². The molecule has 32 heavy (non-hydrogen) atoms. The number of Topliss-reactive ketones (excluding diaryl/α,β-unsaturated/α-hetero) is 1. The lowest BCUT2D eigenvalue weighted by atomic mass is 9.95. The van der Waals surface area contributed by atoms with Crippen LogP contribution in [0.2, 0.25) is 0 Å². The number of ketones is 1. The zero-order valence-electron chi connectivity index (χ0n) is 18.1. The zero-order valence-corrected chi connectivity index (χ0v) is 18.1. The number of aromatic nitrogens is 1. The fraction of sp³-hybridized carbons (Fsp3) is 0.292. The summed E-state index contributed by atoms with van der Waals surface area (Å²) in [5.41, 5.74) is 0.530. The highest BCUT2D eigenvalue weighted by atomic mass is 16.5. The summed E-state index contributed by atoms with van der Waals surface area (Å²) in [4.78, 5) is 27.5. The van der Waals surface area contributed by atoms with E-state index in [9.17, 15) is 14.7 Å². The van der Waals surface area contributed by atoms with Crippen molar-refractivity contribution in [3.63, 3.8) is 0 Å². The number of rotatable bonds is 8. The molecule has 2 aromatic heterocycles. The molecule has 1 aliphatic heterocycles. The van der Waals surface area contributed by atoms with Crippen LogP contribution in [0.25, 0.3) is 0 Å². The number of hydrogen-bond donors (Lipinski definition) is 1. The Morgan fingerprint density at radius 2 is 1.91 bits per heavy atom. The van der Waals surface area contributed by atoms with E-state index in [1.165, 1.54) is 11.0 Å². The summed E-state index contributed by atoms with van der Waals surface area (Å²) in [6.07, 6.45) is 1.96. The van der Waals surface area contributed by atoms with Crippen molar-refractivity contribution in [3.8, 4) is 5.75 Å². The van der Waals surface area contributed by atoms with Crippen LogP contribution >= 0.6 is 0 Å². The third kappa shape index (κ3) is 3.91. The van der Waals surface area contributed by atoms with Gasteiger partial charge in [-0.05, 0) is 50.1 Å². The highest BCUT2D eigenvalue weighted by Gasteiger charge is 2.46. The molecular formula is C24H24N2O6. The van der Waals surface area contributed by atoms with Crippen LogP contribution in [0.4, 0.5) is 5.82 Å². The van der Waals surface area contributed by atoms with Crippen LogP contribution in [0.5, 0.6) is 5.75 Å². The smallest absolute Gasteiger partial charge is 0.295 e. The van der Waals surface area contributed by atoms with Crippen LogP contribution in [0.15, 0.2) is 62.7 Å². The van der Waals surface area contributed by atoms with E-state index in [2.05, 4.69) is 12.1 Å². The maximum atomic E-state index is 13.3. The van der Waals surface area contributed by atoms with Crippen LogP contribution in [0.1, 0.15) is 53.4 Å². The van der Waals surface area contributed by atoms with Gasteiger partial charge >= 0.3 is 0 Å². The molecule has 166 valence electrons. The average Bonchev–Trinajstić information content (AvgIpc) is 3.47. The zero-order chi connectivity index (χ0) is 22.8. The number of aliphatic hydroxyl groups is 1. The second kappa shape index (κ2) is 8.74. The Bertz CT molecular complexity index is 1170. The number of ether oxygens (including phenoxy) is 1. The van der Waals surface area contributed by atoms with E-state index in [0.29, 0.717) is 29.4 Å². The predicted octanol–water partition coefficient (Wildman–Crippen LogP) is 4.85. The van der Waals surface area contributed by atoms with Crippen molar-refractivity contribution in [1.29, 1.82) is 0 Å². The summed E-state index contributed by atoms with van der Waals surface area (Å²) >= 11 is 0. The number of carbonyl (C=O) groups is 2. The molecule has 0 radical (unpaired) electrons. The van der Waals surface area contributed by atoms with Crippen molar-refractivity contribution in [2.45, 2.75) is 39.7 Å². The molecule has 1 amide bonds. The normalized spacial score (nSPS) is 16.2. The molecule has 1 atom stereocenters. The fourth-order valence-corrected chi connectivity index (χ4v) is 3.63. The maximum absolute atomic E-state index is 13.3. The largest absolute Gasteiger partial charge is 0.503 e. The number of amides is 1. The summed E-state index contributed by atoms with van der Waals surface area (Å²) < 4.78 is 16.3. The summed E-state index contributed by atoms with van der Waals surface area (Å²) in [7, 11) is 0.